The van der Waals surface area contributed by atoms with Crippen molar-refractivity contribution in [2.45, 2.75) is 46.0 Å². The molecule has 21 heavy (non-hydrogen) atoms. The summed E-state index contributed by atoms with van der Waals surface area (Å²) in [5, 5.41) is 0. The van der Waals surface area contributed by atoms with Gasteiger partial charge in [-0.15, -0.1) is 0 Å². The van der Waals surface area contributed by atoms with Crippen molar-refractivity contribution in [3.05, 3.63) is 29.6 Å². The minimum atomic E-state index is -0.280. The van der Waals surface area contributed by atoms with E-state index in [0.29, 0.717) is 25.9 Å². The molecule has 0 saturated heterocycles. The molecule has 0 radical (unpaired) electrons. The van der Waals surface area contributed by atoms with Gasteiger partial charge in [0.15, 0.2) is 0 Å². The summed E-state index contributed by atoms with van der Waals surface area (Å²) in [5.41, 5.74) is 7.70. The van der Waals surface area contributed by atoms with Crippen LogP contribution in [0, 0.1) is 11.2 Å². The molecular formula is C17H25FN2O. The molecule has 0 aromatic heterocycles. The first-order valence-electron chi connectivity index (χ1n) is 7.72. The van der Waals surface area contributed by atoms with Crippen molar-refractivity contribution in [2.75, 3.05) is 18.0 Å². The molecular weight excluding hydrogens is 267 g/mol. The number of rotatable bonds is 6. The number of aryl methyl sites for hydroxylation is 1. The number of hydrogen-bond acceptors (Lipinski definition) is 2. The molecule has 0 bridgehead atoms. The Kier molecular flexibility index (Phi) is 4.99. The van der Waals surface area contributed by atoms with E-state index in [9.17, 15) is 9.18 Å². The Balaban J connectivity index is 1.97. The molecule has 1 heterocycles. The summed E-state index contributed by atoms with van der Waals surface area (Å²) >= 11 is 0. The van der Waals surface area contributed by atoms with Crippen LogP contribution in [0.15, 0.2) is 18.2 Å². The van der Waals surface area contributed by atoms with Crippen molar-refractivity contribution in [3.8, 4) is 0 Å². The van der Waals surface area contributed by atoms with Crippen molar-refractivity contribution in [2.24, 2.45) is 11.1 Å². The predicted octanol–water partition coefficient (Wildman–Crippen LogP) is 3.26. The Labute approximate surface area is 126 Å². The number of unbranched alkanes of at least 4 members (excludes halogenated alkanes) is 1. The fourth-order valence-electron chi connectivity index (χ4n) is 2.73. The Morgan fingerprint density at radius 2 is 2.05 bits per heavy atom. The number of carbonyl (C=O) groups is 1. The third kappa shape index (κ3) is 4.03. The highest BCUT2D eigenvalue weighted by atomic mass is 19.1. The van der Waals surface area contributed by atoms with Crippen LogP contribution >= 0.6 is 0 Å². The lowest BCUT2D eigenvalue weighted by molar-refractivity contribution is -0.118. The second-order valence-corrected chi connectivity index (χ2v) is 6.64. The number of anilines is 1. The van der Waals surface area contributed by atoms with Crippen LogP contribution in [-0.2, 0) is 11.2 Å². The average Bonchev–Trinajstić information content (AvgIpc) is 2.45. The summed E-state index contributed by atoms with van der Waals surface area (Å²) < 4.78 is 13.4. The lowest BCUT2D eigenvalue weighted by Crippen LogP contribution is -2.36. The molecule has 116 valence electrons. The summed E-state index contributed by atoms with van der Waals surface area (Å²) in [7, 11) is 0. The van der Waals surface area contributed by atoms with E-state index in [1.54, 1.807) is 11.0 Å². The molecule has 1 aliphatic heterocycles. The van der Waals surface area contributed by atoms with Crippen molar-refractivity contribution in [1.29, 1.82) is 0 Å². The maximum Gasteiger partial charge on any atom is 0.227 e. The summed E-state index contributed by atoms with van der Waals surface area (Å²) in [6.07, 6.45) is 4.23. The first-order chi connectivity index (χ1) is 9.93. The van der Waals surface area contributed by atoms with E-state index >= 15 is 0 Å². The van der Waals surface area contributed by atoms with E-state index in [-0.39, 0.29) is 17.1 Å². The maximum absolute atomic E-state index is 13.4. The van der Waals surface area contributed by atoms with Crippen LogP contribution in [0.5, 0.6) is 0 Å². The fraction of sp³-hybridized carbons (Fsp3) is 0.588. The zero-order chi connectivity index (χ0) is 15.5. The molecule has 0 spiro atoms. The largest absolute Gasteiger partial charge is 0.330 e. The summed E-state index contributed by atoms with van der Waals surface area (Å²) in [6.45, 7) is 5.65. The standard InChI is InChI=1S/C17H25FN2O/c1-17(2,12-19)9-3-4-10-20-15-11-14(18)7-5-13(15)6-8-16(20)21/h5,7,11H,3-4,6,8-10,12,19H2,1-2H3. The van der Waals surface area contributed by atoms with Gasteiger partial charge in [0.1, 0.15) is 5.82 Å². The van der Waals surface area contributed by atoms with Gasteiger partial charge in [-0.2, -0.15) is 0 Å². The highest BCUT2D eigenvalue weighted by molar-refractivity contribution is 5.96. The number of halogens is 1. The number of amides is 1. The van der Waals surface area contributed by atoms with Crippen LogP contribution in [0.3, 0.4) is 0 Å². The zero-order valence-electron chi connectivity index (χ0n) is 13.0. The second kappa shape index (κ2) is 6.56. The third-order valence-electron chi connectivity index (χ3n) is 4.29. The first kappa shape index (κ1) is 16.0. The lowest BCUT2D eigenvalue weighted by Gasteiger charge is -2.30. The van der Waals surface area contributed by atoms with Crippen LogP contribution in [-0.4, -0.2) is 19.0 Å². The van der Waals surface area contributed by atoms with Gasteiger partial charge in [-0.1, -0.05) is 26.3 Å². The zero-order valence-corrected chi connectivity index (χ0v) is 13.0. The molecule has 0 saturated carbocycles. The van der Waals surface area contributed by atoms with E-state index in [2.05, 4.69) is 13.8 Å². The fourth-order valence-corrected chi connectivity index (χ4v) is 2.73. The molecule has 1 aromatic rings. The normalized spacial score (nSPS) is 15.2. The molecule has 0 atom stereocenters. The summed E-state index contributed by atoms with van der Waals surface area (Å²) in [5.74, 6) is -0.177. The van der Waals surface area contributed by atoms with Gasteiger partial charge in [0.25, 0.3) is 0 Å². The van der Waals surface area contributed by atoms with Gasteiger partial charge < -0.3 is 10.6 Å². The van der Waals surface area contributed by atoms with Crippen molar-refractivity contribution in [1.82, 2.24) is 0 Å². The second-order valence-electron chi connectivity index (χ2n) is 6.64. The Morgan fingerprint density at radius 3 is 2.76 bits per heavy atom. The van der Waals surface area contributed by atoms with E-state index in [1.165, 1.54) is 12.1 Å². The van der Waals surface area contributed by atoms with E-state index < -0.39 is 0 Å². The van der Waals surface area contributed by atoms with Crippen molar-refractivity contribution < 1.29 is 9.18 Å². The van der Waals surface area contributed by atoms with Gasteiger partial charge in [0.2, 0.25) is 5.91 Å². The van der Waals surface area contributed by atoms with Crippen LogP contribution in [0.25, 0.3) is 0 Å². The number of fused-ring (bicyclic) bond motifs is 1. The average molecular weight is 292 g/mol. The topological polar surface area (TPSA) is 46.3 Å². The number of carbonyl (C=O) groups excluding carboxylic acids is 1. The van der Waals surface area contributed by atoms with Gasteiger partial charge in [-0.3, -0.25) is 4.79 Å². The van der Waals surface area contributed by atoms with Crippen molar-refractivity contribution >= 4 is 11.6 Å². The van der Waals surface area contributed by atoms with Gasteiger partial charge >= 0.3 is 0 Å². The molecule has 2 rings (SSSR count). The number of benzene rings is 1. The van der Waals surface area contributed by atoms with E-state index in [4.69, 9.17) is 5.73 Å². The van der Waals surface area contributed by atoms with Gasteiger partial charge in [-0.25, -0.2) is 4.39 Å². The van der Waals surface area contributed by atoms with Crippen LogP contribution in [0.2, 0.25) is 0 Å². The van der Waals surface area contributed by atoms with Gasteiger partial charge in [-0.05, 0) is 48.9 Å². The van der Waals surface area contributed by atoms with Crippen LogP contribution in [0.1, 0.15) is 45.1 Å². The van der Waals surface area contributed by atoms with Crippen molar-refractivity contribution in [3.63, 3.8) is 0 Å². The number of nitrogens with two attached hydrogens (primary N) is 1. The minimum Gasteiger partial charge on any atom is -0.330 e. The van der Waals surface area contributed by atoms with Crippen LogP contribution in [0.4, 0.5) is 10.1 Å². The Morgan fingerprint density at radius 1 is 1.29 bits per heavy atom. The minimum absolute atomic E-state index is 0.103. The molecule has 2 N–H and O–H groups in total. The monoisotopic (exact) mass is 292 g/mol. The smallest absolute Gasteiger partial charge is 0.227 e. The predicted molar refractivity (Wildman–Crippen MR) is 83.8 cm³/mol. The quantitative estimate of drug-likeness (QED) is 0.818. The molecule has 0 fully saturated rings. The SMILES string of the molecule is CC(C)(CN)CCCCN1C(=O)CCc2ccc(F)cc21. The molecule has 4 heteroatoms. The highest BCUT2D eigenvalue weighted by Gasteiger charge is 2.24. The number of hydrogen-bond donors (Lipinski definition) is 1. The molecule has 3 nitrogen and oxygen atoms in total. The molecule has 1 amide bonds. The van der Waals surface area contributed by atoms with E-state index in [0.717, 1.165) is 30.5 Å². The number of nitrogens with zero attached hydrogens (tertiary/aromatic N) is 1. The first-order valence-corrected chi connectivity index (χ1v) is 7.72. The lowest BCUT2D eigenvalue weighted by atomic mass is 9.87. The third-order valence-corrected chi connectivity index (χ3v) is 4.29. The molecule has 0 unspecified atom stereocenters. The highest BCUT2D eigenvalue weighted by Crippen LogP contribution is 2.29. The Hall–Kier alpha value is -1.42. The van der Waals surface area contributed by atoms with Gasteiger partial charge in [0.05, 0.1) is 0 Å². The molecule has 0 aliphatic carbocycles. The summed E-state index contributed by atoms with van der Waals surface area (Å²) in [4.78, 5) is 13.8. The summed E-state index contributed by atoms with van der Waals surface area (Å²) in [6, 6.07) is 4.74. The molecule has 1 aromatic carbocycles. The molecule has 1 aliphatic rings. The maximum atomic E-state index is 13.4. The Bertz CT molecular complexity index is 514. The van der Waals surface area contributed by atoms with Gasteiger partial charge in [0, 0.05) is 18.7 Å². The van der Waals surface area contributed by atoms with E-state index in [1.807, 2.05) is 0 Å². The van der Waals surface area contributed by atoms with Crippen LogP contribution < -0.4 is 10.6 Å².